The molecule has 1 unspecified atom stereocenters. The first-order valence-electron chi connectivity index (χ1n) is 12.7. The van der Waals surface area contributed by atoms with Gasteiger partial charge in [0, 0.05) is 22.7 Å². The molecule has 0 bridgehead atoms. The van der Waals surface area contributed by atoms with Crippen LogP contribution in [0.25, 0.3) is 16.9 Å². The zero-order valence-corrected chi connectivity index (χ0v) is 21.7. The van der Waals surface area contributed by atoms with Crippen molar-refractivity contribution < 1.29 is 14.0 Å². The number of hydrogen-bond acceptors (Lipinski definition) is 4. The normalized spacial score (nSPS) is 17.2. The van der Waals surface area contributed by atoms with Crippen LogP contribution in [0.15, 0.2) is 78.9 Å². The molecule has 1 aliphatic carbocycles. The molecule has 1 saturated carbocycles. The lowest BCUT2D eigenvalue weighted by molar-refractivity contribution is -0.123. The summed E-state index contributed by atoms with van der Waals surface area (Å²) in [5.41, 5.74) is 4.48. The van der Waals surface area contributed by atoms with Gasteiger partial charge in [-0.25, -0.2) is 9.07 Å². The van der Waals surface area contributed by atoms with Crippen LogP contribution in [0.4, 0.5) is 10.2 Å². The quantitative estimate of drug-likeness (QED) is 0.364. The Balaban J connectivity index is 1.63. The molecule has 6 nitrogen and oxygen atoms in total. The lowest BCUT2D eigenvalue weighted by Crippen LogP contribution is -2.43. The van der Waals surface area contributed by atoms with E-state index in [9.17, 15) is 9.59 Å². The van der Waals surface area contributed by atoms with Gasteiger partial charge in [0.25, 0.3) is 0 Å². The number of hydrogen-bond donors (Lipinski definition) is 1. The van der Waals surface area contributed by atoms with Crippen LogP contribution < -0.4 is 10.2 Å². The highest BCUT2D eigenvalue weighted by Gasteiger charge is 2.39. The summed E-state index contributed by atoms with van der Waals surface area (Å²) in [6, 6.07) is 24.4. The van der Waals surface area contributed by atoms with Crippen LogP contribution in [-0.4, -0.2) is 39.9 Å². The van der Waals surface area contributed by atoms with E-state index in [2.05, 4.69) is 5.32 Å². The number of carbonyl (C=O) groups is 2. The number of benzene rings is 3. The first-order valence-corrected chi connectivity index (χ1v) is 13.8. The molecular formula is C30H27FN4O2S. The highest BCUT2D eigenvalue weighted by molar-refractivity contribution is 8.00. The van der Waals surface area contributed by atoms with Gasteiger partial charge < -0.3 is 5.32 Å². The summed E-state index contributed by atoms with van der Waals surface area (Å²) in [5.74, 6) is -0.152. The molecule has 8 heteroatoms. The molecule has 6 rings (SSSR count). The van der Waals surface area contributed by atoms with Gasteiger partial charge in [-0.3, -0.25) is 14.5 Å². The van der Waals surface area contributed by atoms with Gasteiger partial charge in [-0.1, -0.05) is 66.7 Å². The molecule has 1 N–H and O–H groups in total. The Morgan fingerprint density at radius 3 is 2.47 bits per heavy atom. The van der Waals surface area contributed by atoms with Crippen molar-refractivity contribution in [2.75, 3.05) is 17.2 Å². The van der Waals surface area contributed by atoms with Gasteiger partial charge in [-0.05, 0) is 37.5 Å². The highest BCUT2D eigenvalue weighted by Crippen LogP contribution is 2.49. The minimum absolute atomic E-state index is 0.104. The van der Waals surface area contributed by atoms with Crippen LogP contribution in [0, 0.1) is 12.7 Å². The molecular weight excluding hydrogens is 499 g/mol. The predicted octanol–water partition coefficient (Wildman–Crippen LogP) is 5.43. The van der Waals surface area contributed by atoms with E-state index in [1.165, 1.54) is 22.7 Å². The van der Waals surface area contributed by atoms with Crippen LogP contribution in [0.2, 0.25) is 0 Å². The maximum Gasteiger partial charge on any atom is 0.240 e. The number of amides is 2. The summed E-state index contributed by atoms with van der Waals surface area (Å²) in [6.45, 7) is 1.86. The van der Waals surface area contributed by atoms with Crippen molar-refractivity contribution in [3.05, 3.63) is 101 Å². The van der Waals surface area contributed by atoms with Crippen LogP contribution in [0.5, 0.6) is 0 Å². The van der Waals surface area contributed by atoms with E-state index in [0.29, 0.717) is 17.1 Å². The summed E-state index contributed by atoms with van der Waals surface area (Å²) < 4.78 is 17.0. The van der Waals surface area contributed by atoms with Crippen molar-refractivity contribution in [2.45, 2.75) is 31.1 Å². The van der Waals surface area contributed by atoms with Crippen molar-refractivity contribution in [1.82, 2.24) is 15.1 Å². The van der Waals surface area contributed by atoms with Crippen molar-refractivity contribution in [3.63, 3.8) is 0 Å². The number of thioether (sulfide) groups is 1. The molecule has 1 aromatic heterocycles. The third-order valence-corrected chi connectivity index (χ3v) is 8.15. The fourth-order valence-electron chi connectivity index (χ4n) is 4.88. The second kappa shape index (κ2) is 10.1. The minimum Gasteiger partial charge on any atom is -0.352 e. The smallest absolute Gasteiger partial charge is 0.240 e. The molecule has 1 fully saturated rings. The van der Waals surface area contributed by atoms with Gasteiger partial charge >= 0.3 is 0 Å². The van der Waals surface area contributed by atoms with Crippen LogP contribution in [0.1, 0.15) is 34.8 Å². The van der Waals surface area contributed by atoms with Crippen molar-refractivity contribution in [2.24, 2.45) is 0 Å². The third kappa shape index (κ3) is 4.60. The summed E-state index contributed by atoms with van der Waals surface area (Å²) in [6.07, 6.45) is 1.91. The SMILES string of the molecule is Cc1ccccc1-n1nc(-c2ccccc2)c2c1N(CC(=O)NC1CC1)C(=O)CSC2c1ccccc1F. The van der Waals surface area contributed by atoms with Crippen molar-refractivity contribution in [3.8, 4) is 16.9 Å². The Morgan fingerprint density at radius 2 is 1.74 bits per heavy atom. The zero-order valence-electron chi connectivity index (χ0n) is 20.9. The number of nitrogens with one attached hydrogen (secondary N) is 1. The van der Waals surface area contributed by atoms with E-state index in [-0.39, 0.29) is 36.0 Å². The van der Waals surface area contributed by atoms with Gasteiger partial charge in [0.2, 0.25) is 11.8 Å². The summed E-state index contributed by atoms with van der Waals surface area (Å²) in [7, 11) is 0. The van der Waals surface area contributed by atoms with E-state index in [4.69, 9.17) is 5.10 Å². The van der Waals surface area contributed by atoms with Crippen LogP contribution in [0.3, 0.4) is 0 Å². The Bertz CT molecular complexity index is 1520. The molecule has 0 radical (unpaired) electrons. The molecule has 2 aliphatic rings. The molecule has 38 heavy (non-hydrogen) atoms. The number of aryl methyl sites for hydroxylation is 1. The minimum atomic E-state index is -0.500. The van der Waals surface area contributed by atoms with E-state index >= 15 is 4.39 Å². The standard InChI is InChI=1S/C30H27FN4O2S/c1-19-9-5-8-14-24(19)35-30-27(28(33-35)20-10-3-2-4-11-20)29(22-12-6-7-13-23(22)31)38-18-26(37)34(30)17-25(36)32-21-15-16-21/h2-14,21,29H,15-18H2,1H3,(H,32,36). The average molecular weight is 527 g/mol. The Morgan fingerprint density at radius 1 is 1.03 bits per heavy atom. The largest absolute Gasteiger partial charge is 0.352 e. The molecule has 2 heterocycles. The van der Waals surface area contributed by atoms with E-state index in [0.717, 1.165) is 35.2 Å². The number of anilines is 1. The summed E-state index contributed by atoms with van der Waals surface area (Å²) in [5, 5.41) is 7.57. The molecule has 1 atom stereocenters. The maximum absolute atomic E-state index is 15.3. The summed E-state index contributed by atoms with van der Waals surface area (Å²) in [4.78, 5) is 28.2. The third-order valence-electron chi connectivity index (χ3n) is 6.91. The monoisotopic (exact) mass is 526 g/mol. The molecule has 4 aromatic rings. The Labute approximate surface area is 224 Å². The number of halogens is 1. The number of carbonyl (C=O) groups excluding carboxylic acids is 2. The number of nitrogens with zero attached hydrogens (tertiary/aromatic N) is 3. The molecule has 3 aromatic carbocycles. The second-order valence-electron chi connectivity index (χ2n) is 9.68. The first-order chi connectivity index (χ1) is 18.5. The molecule has 0 saturated heterocycles. The lowest BCUT2D eigenvalue weighted by Gasteiger charge is -2.23. The van der Waals surface area contributed by atoms with Crippen LogP contribution >= 0.6 is 11.8 Å². The van der Waals surface area contributed by atoms with Gasteiger partial charge in [0.1, 0.15) is 18.2 Å². The highest BCUT2D eigenvalue weighted by atomic mass is 32.2. The topological polar surface area (TPSA) is 67.2 Å². The average Bonchev–Trinajstić information content (AvgIpc) is 3.68. The van der Waals surface area contributed by atoms with Gasteiger partial charge in [0.05, 0.1) is 22.4 Å². The van der Waals surface area contributed by atoms with Crippen LogP contribution in [-0.2, 0) is 9.59 Å². The summed E-state index contributed by atoms with van der Waals surface area (Å²) >= 11 is 1.36. The van der Waals surface area contributed by atoms with Gasteiger partial charge in [-0.15, -0.1) is 11.8 Å². The fourth-order valence-corrected chi connectivity index (χ4v) is 6.09. The van der Waals surface area contributed by atoms with Gasteiger partial charge in [-0.2, -0.15) is 5.10 Å². The van der Waals surface area contributed by atoms with Gasteiger partial charge in [0.15, 0.2) is 0 Å². The Kier molecular flexibility index (Phi) is 6.49. The lowest BCUT2D eigenvalue weighted by atomic mass is 9.99. The molecule has 1 aliphatic heterocycles. The number of aromatic nitrogens is 2. The fraction of sp³-hybridized carbons (Fsp3) is 0.233. The first kappa shape index (κ1) is 24.4. The number of para-hydroxylation sites is 1. The zero-order chi connectivity index (χ0) is 26.2. The number of rotatable bonds is 6. The van der Waals surface area contributed by atoms with E-state index in [1.54, 1.807) is 22.9 Å². The predicted molar refractivity (Wildman–Crippen MR) is 148 cm³/mol. The maximum atomic E-state index is 15.3. The number of fused-ring (bicyclic) bond motifs is 1. The van der Waals surface area contributed by atoms with Crippen molar-refractivity contribution in [1.29, 1.82) is 0 Å². The molecule has 2 amide bonds. The van der Waals surface area contributed by atoms with E-state index in [1.807, 2.05) is 61.5 Å². The Hall–Kier alpha value is -3.91. The molecule has 0 spiro atoms. The van der Waals surface area contributed by atoms with E-state index < -0.39 is 5.25 Å². The van der Waals surface area contributed by atoms with Crippen molar-refractivity contribution >= 4 is 29.4 Å². The second-order valence-corrected chi connectivity index (χ2v) is 10.8. The molecule has 192 valence electrons.